The smallest absolute Gasteiger partial charge is 0.252 e. The zero-order chi connectivity index (χ0) is 12.3. The molecule has 0 aromatic carbocycles. The van der Waals surface area contributed by atoms with Gasteiger partial charge in [-0.15, -0.1) is 0 Å². The number of nitrogens with zero attached hydrogens (tertiary/aromatic N) is 2. The van der Waals surface area contributed by atoms with Gasteiger partial charge in [0.05, 0.1) is 6.07 Å². The summed E-state index contributed by atoms with van der Waals surface area (Å²) in [5.74, 6) is -0.334. The highest BCUT2D eigenvalue weighted by Gasteiger charge is 2.20. The Hall–Kier alpha value is -1.60. The molecule has 0 unspecified atom stereocenters. The van der Waals surface area contributed by atoms with Crippen molar-refractivity contribution >= 4 is 17.5 Å². The molecule has 0 fully saturated rings. The van der Waals surface area contributed by atoms with E-state index >= 15 is 0 Å². The Bertz CT molecular complexity index is 443. The Morgan fingerprint density at radius 1 is 1.56 bits per heavy atom. The number of aryl methyl sites for hydroxylation is 1. The molecule has 0 atom stereocenters. The monoisotopic (exact) mass is 237 g/mol. The molecule has 1 amide bonds. The van der Waals surface area contributed by atoms with E-state index in [1.807, 2.05) is 6.07 Å². The van der Waals surface area contributed by atoms with E-state index in [1.165, 1.54) is 6.07 Å². The number of hydrogen-bond donors (Lipinski definition) is 1. The normalized spacial score (nSPS) is 10.7. The zero-order valence-corrected chi connectivity index (χ0v) is 10.1. The Morgan fingerprint density at radius 3 is 2.69 bits per heavy atom. The second-order valence-electron chi connectivity index (χ2n) is 4.01. The highest BCUT2D eigenvalue weighted by molar-refractivity contribution is 6.29. The molecule has 0 spiro atoms. The first-order valence-electron chi connectivity index (χ1n) is 4.72. The first-order valence-corrected chi connectivity index (χ1v) is 5.10. The fourth-order valence-corrected chi connectivity index (χ4v) is 1.39. The van der Waals surface area contributed by atoms with Gasteiger partial charge in [0.25, 0.3) is 5.91 Å². The lowest BCUT2D eigenvalue weighted by Gasteiger charge is -2.17. The highest BCUT2D eigenvalue weighted by Crippen LogP contribution is 2.11. The molecule has 0 radical (unpaired) electrons. The Morgan fingerprint density at radius 2 is 2.19 bits per heavy atom. The number of nitriles is 1. The lowest BCUT2D eigenvalue weighted by atomic mass is 10.1. The summed E-state index contributed by atoms with van der Waals surface area (Å²) in [6, 6.07) is 5.08. The maximum atomic E-state index is 11.8. The van der Waals surface area contributed by atoms with Gasteiger partial charge in [-0.25, -0.2) is 4.98 Å². The van der Waals surface area contributed by atoms with Crippen LogP contribution in [0.5, 0.6) is 0 Å². The number of aromatic nitrogens is 1. The number of pyridine rings is 1. The van der Waals surface area contributed by atoms with Crippen LogP contribution in [-0.4, -0.2) is 16.4 Å². The van der Waals surface area contributed by atoms with Crippen molar-refractivity contribution in [1.82, 2.24) is 10.3 Å². The van der Waals surface area contributed by atoms with Crippen LogP contribution in [-0.2, 0) is 0 Å². The Labute approximate surface area is 99.2 Å². The predicted molar refractivity (Wildman–Crippen MR) is 61.1 cm³/mol. The SMILES string of the molecule is Cc1cc(C(=O)NC(C)(C)C#N)cc(Cl)n1. The van der Waals surface area contributed by atoms with Gasteiger partial charge in [0.1, 0.15) is 10.7 Å². The van der Waals surface area contributed by atoms with Gasteiger partial charge in [0, 0.05) is 11.3 Å². The molecule has 16 heavy (non-hydrogen) atoms. The molecule has 84 valence electrons. The van der Waals surface area contributed by atoms with Crippen molar-refractivity contribution in [3.8, 4) is 6.07 Å². The molecule has 0 saturated heterocycles. The van der Waals surface area contributed by atoms with E-state index < -0.39 is 5.54 Å². The predicted octanol–water partition coefficient (Wildman–Crippen LogP) is 2.08. The highest BCUT2D eigenvalue weighted by atomic mass is 35.5. The zero-order valence-electron chi connectivity index (χ0n) is 9.34. The van der Waals surface area contributed by atoms with E-state index in [0.29, 0.717) is 11.3 Å². The van der Waals surface area contributed by atoms with Gasteiger partial charge >= 0.3 is 0 Å². The summed E-state index contributed by atoms with van der Waals surface area (Å²) in [5.41, 5.74) is 0.161. The van der Waals surface area contributed by atoms with Gasteiger partial charge < -0.3 is 5.32 Å². The third kappa shape index (κ3) is 3.21. The minimum absolute atomic E-state index is 0.264. The summed E-state index contributed by atoms with van der Waals surface area (Å²) in [7, 11) is 0. The van der Waals surface area contributed by atoms with Crippen LogP contribution in [0.1, 0.15) is 29.9 Å². The van der Waals surface area contributed by atoms with E-state index in [-0.39, 0.29) is 11.1 Å². The molecule has 0 bridgehead atoms. The fraction of sp³-hybridized carbons (Fsp3) is 0.364. The number of rotatable bonds is 2. The van der Waals surface area contributed by atoms with E-state index in [2.05, 4.69) is 10.3 Å². The molecule has 0 aliphatic heterocycles. The second kappa shape index (κ2) is 4.50. The first-order chi connectivity index (χ1) is 7.34. The number of halogens is 1. The molecular weight excluding hydrogens is 226 g/mol. The maximum absolute atomic E-state index is 11.8. The quantitative estimate of drug-likeness (QED) is 0.801. The number of carbonyl (C=O) groups is 1. The molecule has 1 aromatic heterocycles. The minimum Gasteiger partial charge on any atom is -0.334 e. The van der Waals surface area contributed by atoms with E-state index in [0.717, 1.165) is 0 Å². The number of amides is 1. The van der Waals surface area contributed by atoms with E-state index in [9.17, 15) is 4.79 Å². The van der Waals surface area contributed by atoms with Crippen LogP contribution in [0.2, 0.25) is 5.15 Å². The molecule has 1 aromatic rings. The molecule has 5 heteroatoms. The van der Waals surface area contributed by atoms with Gasteiger partial charge in [-0.1, -0.05) is 11.6 Å². The Balaban J connectivity index is 2.94. The molecule has 0 aliphatic carbocycles. The van der Waals surface area contributed by atoms with Gasteiger partial charge in [0.2, 0.25) is 0 Å². The molecule has 0 aliphatic rings. The van der Waals surface area contributed by atoms with E-state index in [4.69, 9.17) is 16.9 Å². The Kier molecular flexibility index (Phi) is 3.51. The van der Waals surface area contributed by atoms with Crippen molar-refractivity contribution in [2.24, 2.45) is 0 Å². The lowest BCUT2D eigenvalue weighted by Crippen LogP contribution is -2.42. The first kappa shape index (κ1) is 12.5. The summed E-state index contributed by atoms with van der Waals surface area (Å²) >= 11 is 5.74. The molecule has 4 nitrogen and oxygen atoms in total. The average molecular weight is 238 g/mol. The molecule has 1 rings (SSSR count). The van der Waals surface area contributed by atoms with Gasteiger partial charge in [-0.05, 0) is 32.9 Å². The molecule has 0 saturated carbocycles. The standard InChI is InChI=1S/C11H12ClN3O/c1-7-4-8(5-9(12)14-7)10(16)15-11(2,3)6-13/h4-5H,1-3H3,(H,15,16). The van der Waals surface area contributed by atoms with Crippen LogP contribution in [0.25, 0.3) is 0 Å². The van der Waals surface area contributed by atoms with Crippen molar-refractivity contribution in [2.75, 3.05) is 0 Å². The molecule has 1 N–H and O–H groups in total. The van der Waals surface area contributed by atoms with Crippen LogP contribution in [0, 0.1) is 18.3 Å². The van der Waals surface area contributed by atoms with Crippen molar-refractivity contribution in [3.63, 3.8) is 0 Å². The van der Waals surface area contributed by atoms with Crippen molar-refractivity contribution < 1.29 is 4.79 Å². The van der Waals surface area contributed by atoms with Gasteiger partial charge in [-0.2, -0.15) is 5.26 Å². The third-order valence-electron chi connectivity index (χ3n) is 1.89. The maximum Gasteiger partial charge on any atom is 0.252 e. The van der Waals surface area contributed by atoms with Crippen molar-refractivity contribution in [3.05, 3.63) is 28.5 Å². The summed E-state index contributed by atoms with van der Waals surface area (Å²) in [5, 5.41) is 11.6. The van der Waals surface area contributed by atoms with E-state index in [1.54, 1.807) is 26.8 Å². The molecular formula is C11H12ClN3O. The number of nitrogens with one attached hydrogen (secondary N) is 1. The number of carbonyl (C=O) groups excluding carboxylic acids is 1. The van der Waals surface area contributed by atoms with Crippen LogP contribution < -0.4 is 5.32 Å². The van der Waals surface area contributed by atoms with Crippen LogP contribution in [0.15, 0.2) is 12.1 Å². The summed E-state index contributed by atoms with van der Waals surface area (Å²) in [6.45, 7) is 5.00. The lowest BCUT2D eigenvalue weighted by molar-refractivity contribution is 0.0929. The summed E-state index contributed by atoms with van der Waals surface area (Å²) < 4.78 is 0. The van der Waals surface area contributed by atoms with Crippen molar-refractivity contribution in [1.29, 1.82) is 5.26 Å². The fourth-order valence-electron chi connectivity index (χ4n) is 1.14. The van der Waals surface area contributed by atoms with Crippen LogP contribution in [0.4, 0.5) is 0 Å². The second-order valence-corrected chi connectivity index (χ2v) is 4.40. The topological polar surface area (TPSA) is 65.8 Å². The summed E-state index contributed by atoms with van der Waals surface area (Å²) in [4.78, 5) is 15.7. The van der Waals surface area contributed by atoms with Crippen LogP contribution in [0.3, 0.4) is 0 Å². The number of hydrogen-bond acceptors (Lipinski definition) is 3. The van der Waals surface area contributed by atoms with Crippen molar-refractivity contribution in [2.45, 2.75) is 26.3 Å². The van der Waals surface area contributed by atoms with Crippen LogP contribution >= 0.6 is 11.6 Å². The average Bonchev–Trinajstić information content (AvgIpc) is 2.15. The summed E-state index contributed by atoms with van der Waals surface area (Å²) in [6.07, 6.45) is 0. The molecule has 1 heterocycles. The van der Waals surface area contributed by atoms with Gasteiger partial charge in [0.15, 0.2) is 0 Å². The third-order valence-corrected chi connectivity index (χ3v) is 2.08. The largest absolute Gasteiger partial charge is 0.334 e. The van der Waals surface area contributed by atoms with Gasteiger partial charge in [-0.3, -0.25) is 4.79 Å². The minimum atomic E-state index is -0.902.